The molecule has 0 saturated carbocycles. The molecule has 1 aromatic rings. The van der Waals surface area contributed by atoms with Crippen molar-refractivity contribution >= 4 is 27.7 Å². The number of esters is 1. The molecule has 1 aliphatic carbocycles. The van der Waals surface area contributed by atoms with Crippen molar-refractivity contribution in [2.45, 2.75) is 32.1 Å². The topological polar surface area (TPSA) is 55.4 Å². The standard InChI is InChI=1S/C18H17BrFNO3/c1-9-15(18(23)24-2)16(10-6-7-12(20)11(19)8-10)17-13(21-9)4-3-5-14(17)22/h6-8,16,21H,3-5H2,1-2H3/t16-/m0/s1. The first-order valence-corrected chi connectivity index (χ1v) is 8.50. The van der Waals surface area contributed by atoms with Gasteiger partial charge in [0.05, 0.1) is 17.2 Å². The van der Waals surface area contributed by atoms with Gasteiger partial charge < -0.3 is 10.1 Å². The van der Waals surface area contributed by atoms with Gasteiger partial charge in [0.15, 0.2) is 5.78 Å². The number of rotatable bonds is 2. The Labute approximate surface area is 147 Å². The fraction of sp³-hybridized carbons (Fsp3) is 0.333. The van der Waals surface area contributed by atoms with Gasteiger partial charge in [-0.2, -0.15) is 0 Å². The highest BCUT2D eigenvalue weighted by Gasteiger charge is 2.39. The SMILES string of the molecule is COC(=O)C1=C(C)NC2=C(C(=O)CCC2)[C@H]1c1ccc(F)c(Br)c1. The predicted octanol–water partition coefficient (Wildman–Crippen LogP) is 3.73. The van der Waals surface area contributed by atoms with Gasteiger partial charge >= 0.3 is 5.97 Å². The van der Waals surface area contributed by atoms with Gasteiger partial charge in [0.25, 0.3) is 0 Å². The van der Waals surface area contributed by atoms with Crippen LogP contribution in [0, 0.1) is 5.82 Å². The van der Waals surface area contributed by atoms with Gasteiger partial charge in [0, 0.05) is 29.3 Å². The summed E-state index contributed by atoms with van der Waals surface area (Å²) in [6.07, 6.45) is 1.99. The molecule has 4 nitrogen and oxygen atoms in total. The summed E-state index contributed by atoms with van der Waals surface area (Å²) in [6, 6.07) is 4.56. The van der Waals surface area contributed by atoms with Gasteiger partial charge in [-0.05, 0) is 53.4 Å². The molecule has 0 amide bonds. The zero-order valence-corrected chi connectivity index (χ0v) is 15.0. The van der Waals surface area contributed by atoms with Crippen LogP contribution in [0.2, 0.25) is 0 Å². The molecular formula is C18H17BrFNO3. The summed E-state index contributed by atoms with van der Waals surface area (Å²) in [7, 11) is 1.31. The van der Waals surface area contributed by atoms with Crippen LogP contribution in [0.5, 0.6) is 0 Å². The Morgan fingerprint density at radius 3 is 2.79 bits per heavy atom. The lowest BCUT2D eigenvalue weighted by Crippen LogP contribution is -2.34. The first kappa shape index (κ1) is 16.9. The quantitative estimate of drug-likeness (QED) is 0.777. The molecule has 24 heavy (non-hydrogen) atoms. The molecule has 2 aliphatic rings. The number of Topliss-reactive ketones (excluding diaryl/α,β-unsaturated/α-hetero) is 1. The summed E-state index contributed by atoms with van der Waals surface area (Å²) in [5, 5.41) is 3.19. The molecule has 3 rings (SSSR count). The summed E-state index contributed by atoms with van der Waals surface area (Å²) in [5.74, 6) is -1.41. The van der Waals surface area contributed by atoms with Crippen molar-refractivity contribution in [3.8, 4) is 0 Å². The van der Waals surface area contributed by atoms with Crippen molar-refractivity contribution in [3.05, 3.63) is 56.6 Å². The van der Waals surface area contributed by atoms with Gasteiger partial charge in [0.2, 0.25) is 0 Å². The Hall–Kier alpha value is -1.95. The number of hydrogen-bond donors (Lipinski definition) is 1. The van der Waals surface area contributed by atoms with Crippen LogP contribution < -0.4 is 5.32 Å². The van der Waals surface area contributed by atoms with Crippen LogP contribution in [0.25, 0.3) is 0 Å². The predicted molar refractivity (Wildman–Crippen MR) is 90.6 cm³/mol. The van der Waals surface area contributed by atoms with Gasteiger partial charge in [-0.15, -0.1) is 0 Å². The lowest BCUT2D eigenvalue weighted by atomic mass is 9.75. The maximum absolute atomic E-state index is 13.6. The third kappa shape index (κ3) is 2.79. The van der Waals surface area contributed by atoms with Crippen molar-refractivity contribution in [2.75, 3.05) is 7.11 Å². The average molecular weight is 394 g/mol. The molecule has 0 radical (unpaired) electrons. The number of nitrogens with one attached hydrogen (secondary N) is 1. The number of hydrogen-bond acceptors (Lipinski definition) is 4. The van der Waals surface area contributed by atoms with E-state index in [1.165, 1.54) is 13.2 Å². The fourth-order valence-electron chi connectivity index (χ4n) is 3.39. The smallest absolute Gasteiger partial charge is 0.336 e. The van der Waals surface area contributed by atoms with Crippen LogP contribution in [-0.2, 0) is 14.3 Å². The molecule has 1 N–H and O–H groups in total. The Morgan fingerprint density at radius 2 is 2.12 bits per heavy atom. The maximum atomic E-state index is 13.6. The minimum atomic E-state index is -0.543. The number of ether oxygens (including phenoxy) is 1. The molecule has 1 heterocycles. The normalized spacial score (nSPS) is 20.7. The third-order valence-corrected chi connectivity index (χ3v) is 5.07. The number of halogens is 2. The summed E-state index contributed by atoms with van der Waals surface area (Å²) >= 11 is 3.18. The first-order chi connectivity index (χ1) is 11.4. The van der Waals surface area contributed by atoms with E-state index in [0.29, 0.717) is 33.3 Å². The molecular weight excluding hydrogens is 377 g/mol. The van der Waals surface area contributed by atoms with Crippen LogP contribution >= 0.6 is 15.9 Å². The second kappa shape index (κ2) is 6.51. The van der Waals surface area contributed by atoms with Gasteiger partial charge in [0.1, 0.15) is 5.82 Å². The number of allylic oxidation sites excluding steroid dienone is 3. The van der Waals surface area contributed by atoms with Crippen LogP contribution in [0.4, 0.5) is 4.39 Å². The van der Waals surface area contributed by atoms with Crippen molar-refractivity contribution in [2.24, 2.45) is 0 Å². The molecule has 0 fully saturated rings. The summed E-state index contributed by atoms with van der Waals surface area (Å²) in [6.45, 7) is 1.79. The van der Waals surface area contributed by atoms with Crippen molar-refractivity contribution in [1.82, 2.24) is 5.32 Å². The second-order valence-electron chi connectivity index (χ2n) is 5.93. The molecule has 1 atom stereocenters. The maximum Gasteiger partial charge on any atom is 0.336 e. The number of carbonyl (C=O) groups excluding carboxylic acids is 2. The summed E-state index contributed by atoms with van der Waals surface area (Å²) in [5.41, 5.74) is 3.19. The fourth-order valence-corrected chi connectivity index (χ4v) is 3.79. The molecule has 6 heteroatoms. The van der Waals surface area contributed by atoms with Gasteiger partial charge in [-0.25, -0.2) is 9.18 Å². The van der Waals surface area contributed by atoms with E-state index in [2.05, 4.69) is 21.2 Å². The van der Waals surface area contributed by atoms with Crippen LogP contribution in [-0.4, -0.2) is 18.9 Å². The Balaban J connectivity index is 2.21. The molecule has 1 aliphatic heterocycles. The van der Waals surface area contributed by atoms with E-state index in [4.69, 9.17) is 4.74 Å². The molecule has 0 bridgehead atoms. The highest BCUT2D eigenvalue weighted by atomic mass is 79.9. The Kier molecular flexibility index (Phi) is 4.58. The minimum absolute atomic E-state index is 0.0168. The summed E-state index contributed by atoms with van der Waals surface area (Å²) < 4.78 is 18.9. The highest BCUT2D eigenvalue weighted by Crippen LogP contribution is 2.43. The monoisotopic (exact) mass is 393 g/mol. The second-order valence-corrected chi connectivity index (χ2v) is 6.79. The number of dihydropyridines is 1. The number of benzene rings is 1. The lowest BCUT2D eigenvalue weighted by Gasteiger charge is -2.34. The van der Waals surface area contributed by atoms with E-state index in [0.717, 1.165) is 18.5 Å². The molecule has 126 valence electrons. The summed E-state index contributed by atoms with van der Waals surface area (Å²) in [4.78, 5) is 24.9. The van der Waals surface area contributed by atoms with E-state index < -0.39 is 17.7 Å². The largest absolute Gasteiger partial charge is 0.466 e. The van der Waals surface area contributed by atoms with Crippen LogP contribution in [0.15, 0.2) is 45.2 Å². The minimum Gasteiger partial charge on any atom is -0.466 e. The molecule has 0 spiro atoms. The van der Waals surface area contributed by atoms with Gasteiger partial charge in [-0.1, -0.05) is 6.07 Å². The van der Waals surface area contributed by atoms with Crippen LogP contribution in [0.3, 0.4) is 0 Å². The van der Waals surface area contributed by atoms with E-state index in [-0.39, 0.29) is 5.78 Å². The zero-order valence-electron chi connectivity index (χ0n) is 13.4. The van der Waals surface area contributed by atoms with E-state index in [1.807, 2.05) is 0 Å². The molecule has 1 aromatic carbocycles. The van der Waals surface area contributed by atoms with E-state index in [1.54, 1.807) is 19.1 Å². The van der Waals surface area contributed by atoms with Gasteiger partial charge in [-0.3, -0.25) is 4.79 Å². The van der Waals surface area contributed by atoms with E-state index >= 15 is 0 Å². The Morgan fingerprint density at radius 1 is 1.38 bits per heavy atom. The zero-order chi connectivity index (χ0) is 17.4. The van der Waals surface area contributed by atoms with Crippen molar-refractivity contribution in [3.63, 3.8) is 0 Å². The number of ketones is 1. The molecule has 0 aromatic heterocycles. The first-order valence-electron chi connectivity index (χ1n) is 7.71. The molecule has 0 unspecified atom stereocenters. The average Bonchev–Trinajstić information content (AvgIpc) is 2.55. The Bertz CT molecular complexity index is 797. The number of methoxy groups -OCH3 is 1. The molecule has 0 saturated heterocycles. The van der Waals surface area contributed by atoms with Crippen LogP contribution in [0.1, 0.15) is 37.7 Å². The van der Waals surface area contributed by atoms with Crippen molar-refractivity contribution < 1.29 is 18.7 Å². The van der Waals surface area contributed by atoms with E-state index in [9.17, 15) is 14.0 Å². The highest BCUT2D eigenvalue weighted by molar-refractivity contribution is 9.10. The third-order valence-electron chi connectivity index (χ3n) is 4.46. The number of carbonyl (C=O) groups is 2. The van der Waals surface area contributed by atoms with Crippen molar-refractivity contribution in [1.29, 1.82) is 0 Å². The lowest BCUT2D eigenvalue weighted by molar-refractivity contribution is -0.136.